The lowest BCUT2D eigenvalue weighted by atomic mass is 10.3. The average Bonchev–Trinajstić information content (AvgIpc) is 2.75. The van der Waals surface area contributed by atoms with Gasteiger partial charge in [0.2, 0.25) is 0 Å². The second-order valence-electron chi connectivity index (χ2n) is 6.37. The van der Waals surface area contributed by atoms with Crippen LogP contribution in [0.5, 0.6) is 0 Å². The van der Waals surface area contributed by atoms with Crippen LogP contribution >= 0.6 is 11.6 Å². The number of benzene rings is 3. The van der Waals surface area contributed by atoms with Gasteiger partial charge in [0.25, 0.3) is 15.7 Å². The number of non-ortho nitro benzene ring substituents is 1. The Morgan fingerprint density at radius 2 is 1.52 bits per heavy atom. The van der Waals surface area contributed by atoms with Crippen molar-refractivity contribution in [2.75, 3.05) is 10.0 Å². The third-order valence-electron chi connectivity index (χ3n) is 4.27. The van der Waals surface area contributed by atoms with Crippen LogP contribution in [0.1, 0.15) is 0 Å². The maximum atomic E-state index is 12.9. The number of nitro groups is 1. The largest absolute Gasteiger partial charge is 0.336 e. The minimum Gasteiger partial charge on any atom is -0.336 e. The molecule has 156 valence electrons. The maximum absolute atomic E-state index is 12.9. The Kier molecular flexibility index (Phi) is 5.40. The van der Waals surface area contributed by atoms with Gasteiger partial charge in [-0.1, -0.05) is 41.9 Å². The Hall–Kier alpha value is -3.76. The Morgan fingerprint density at radius 3 is 2.19 bits per heavy atom. The number of halogens is 1. The first-order valence-corrected chi connectivity index (χ1v) is 10.8. The van der Waals surface area contributed by atoms with Crippen LogP contribution in [-0.2, 0) is 10.0 Å². The van der Waals surface area contributed by atoms with Crippen molar-refractivity contribution in [2.24, 2.45) is 0 Å². The summed E-state index contributed by atoms with van der Waals surface area (Å²) >= 11 is 6.21. The molecule has 1 heterocycles. The van der Waals surface area contributed by atoms with Gasteiger partial charge in [0, 0.05) is 12.1 Å². The third kappa shape index (κ3) is 4.39. The number of para-hydroxylation sites is 3. The van der Waals surface area contributed by atoms with Crippen molar-refractivity contribution in [3.63, 3.8) is 0 Å². The molecule has 3 aromatic carbocycles. The lowest BCUT2D eigenvalue weighted by Gasteiger charge is -2.14. The molecule has 4 aromatic rings. The number of nitrogens with zero attached hydrogens (tertiary/aromatic N) is 3. The molecule has 0 radical (unpaired) electrons. The normalized spacial score (nSPS) is 11.3. The minimum atomic E-state index is -4.19. The molecule has 0 atom stereocenters. The van der Waals surface area contributed by atoms with Crippen LogP contribution in [0.25, 0.3) is 11.0 Å². The van der Waals surface area contributed by atoms with E-state index < -0.39 is 14.9 Å². The van der Waals surface area contributed by atoms with Gasteiger partial charge >= 0.3 is 0 Å². The number of anilines is 3. The predicted octanol–water partition coefficient (Wildman–Crippen LogP) is 4.74. The fourth-order valence-corrected chi connectivity index (χ4v) is 4.03. The van der Waals surface area contributed by atoms with Gasteiger partial charge in [-0.05, 0) is 30.3 Å². The molecule has 2 N–H and O–H groups in total. The van der Waals surface area contributed by atoms with E-state index in [0.29, 0.717) is 21.7 Å². The summed E-state index contributed by atoms with van der Waals surface area (Å²) in [4.78, 5) is 18.9. The molecule has 0 bridgehead atoms. The van der Waals surface area contributed by atoms with Crippen LogP contribution in [0.3, 0.4) is 0 Å². The third-order valence-corrected chi connectivity index (χ3v) is 5.93. The van der Waals surface area contributed by atoms with E-state index in [1.165, 1.54) is 18.2 Å². The van der Waals surface area contributed by atoms with Crippen LogP contribution in [0.4, 0.5) is 23.0 Å². The number of sulfonamides is 1. The lowest BCUT2D eigenvalue weighted by molar-refractivity contribution is -0.385. The summed E-state index contributed by atoms with van der Waals surface area (Å²) in [5.74, 6) is 0.0472. The monoisotopic (exact) mass is 455 g/mol. The highest BCUT2D eigenvalue weighted by molar-refractivity contribution is 7.92. The zero-order chi connectivity index (χ0) is 22.0. The highest BCUT2D eigenvalue weighted by atomic mass is 35.5. The lowest BCUT2D eigenvalue weighted by Crippen LogP contribution is -2.16. The number of hydrogen-bond donors (Lipinski definition) is 2. The van der Waals surface area contributed by atoms with Crippen LogP contribution in [0.2, 0.25) is 5.02 Å². The summed E-state index contributed by atoms with van der Waals surface area (Å²) in [6, 6.07) is 18.6. The van der Waals surface area contributed by atoms with E-state index in [9.17, 15) is 18.5 Å². The zero-order valence-corrected chi connectivity index (χ0v) is 17.3. The van der Waals surface area contributed by atoms with Gasteiger partial charge in [0.05, 0.1) is 31.6 Å². The first-order valence-electron chi connectivity index (χ1n) is 8.89. The Bertz CT molecular complexity index is 1410. The summed E-state index contributed by atoms with van der Waals surface area (Å²) in [5.41, 5.74) is 1.16. The Labute approximate surface area is 181 Å². The molecule has 0 spiro atoms. The fourth-order valence-electron chi connectivity index (χ4n) is 2.80. The van der Waals surface area contributed by atoms with Gasteiger partial charge in [0.15, 0.2) is 11.6 Å². The zero-order valence-electron chi connectivity index (χ0n) is 15.7. The van der Waals surface area contributed by atoms with E-state index in [1.54, 1.807) is 48.5 Å². The summed E-state index contributed by atoms with van der Waals surface area (Å²) in [7, 11) is -4.19. The van der Waals surface area contributed by atoms with E-state index >= 15 is 0 Å². The summed E-state index contributed by atoms with van der Waals surface area (Å²) in [6.45, 7) is 0. The first kappa shape index (κ1) is 20.5. The van der Waals surface area contributed by atoms with Crippen molar-refractivity contribution in [1.29, 1.82) is 0 Å². The van der Waals surface area contributed by atoms with E-state index in [4.69, 9.17) is 11.6 Å². The Morgan fingerprint density at radius 1 is 0.871 bits per heavy atom. The average molecular weight is 456 g/mol. The highest BCUT2D eigenvalue weighted by Gasteiger charge is 2.21. The predicted molar refractivity (Wildman–Crippen MR) is 118 cm³/mol. The number of hydrogen-bond acceptors (Lipinski definition) is 7. The molecule has 0 amide bonds. The van der Waals surface area contributed by atoms with Crippen LogP contribution in [0.15, 0.2) is 77.7 Å². The van der Waals surface area contributed by atoms with Crippen LogP contribution in [-0.4, -0.2) is 23.3 Å². The summed E-state index contributed by atoms with van der Waals surface area (Å²) in [5, 5.41) is 14.4. The number of nitrogens with one attached hydrogen (secondary N) is 2. The molecule has 11 heteroatoms. The number of aromatic nitrogens is 2. The number of nitro benzene ring substituents is 1. The fraction of sp³-hybridized carbons (Fsp3) is 0. The van der Waals surface area contributed by atoms with Crippen LogP contribution in [0, 0.1) is 10.1 Å². The quantitative estimate of drug-likeness (QED) is 0.317. The molecule has 0 aliphatic heterocycles. The SMILES string of the molecule is O=[N+]([O-])c1cccc(S(=O)(=O)Nc2nc3ccccc3nc2Nc2ccccc2Cl)c1. The molecule has 0 saturated carbocycles. The molecule has 0 saturated heterocycles. The highest BCUT2D eigenvalue weighted by Crippen LogP contribution is 2.30. The topological polar surface area (TPSA) is 127 Å². The van der Waals surface area contributed by atoms with Gasteiger partial charge in [-0.15, -0.1) is 0 Å². The van der Waals surface area contributed by atoms with Crippen molar-refractivity contribution < 1.29 is 13.3 Å². The second kappa shape index (κ2) is 8.17. The van der Waals surface area contributed by atoms with Gasteiger partial charge in [-0.25, -0.2) is 18.4 Å². The van der Waals surface area contributed by atoms with Gasteiger partial charge in [0.1, 0.15) is 0 Å². The van der Waals surface area contributed by atoms with E-state index in [2.05, 4.69) is 20.0 Å². The summed E-state index contributed by atoms with van der Waals surface area (Å²) < 4.78 is 28.2. The van der Waals surface area contributed by atoms with Crippen molar-refractivity contribution in [3.05, 3.63) is 87.9 Å². The van der Waals surface area contributed by atoms with Crippen molar-refractivity contribution in [2.45, 2.75) is 4.90 Å². The smallest absolute Gasteiger partial charge is 0.270 e. The van der Waals surface area contributed by atoms with Gasteiger partial charge in [-0.3, -0.25) is 14.8 Å². The van der Waals surface area contributed by atoms with Gasteiger partial charge < -0.3 is 5.32 Å². The maximum Gasteiger partial charge on any atom is 0.270 e. The second-order valence-corrected chi connectivity index (χ2v) is 8.46. The minimum absolute atomic E-state index is 0.0786. The van der Waals surface area contributed by atoms with Gasteiger partial charge in [-0.2, -0.15) is 0 Å². The standard InChI is InChI=1S/C20H14ClN5O4S/c21-15-8-1-2-9-16(15)22-19-20(24-18-11-4-3-10-17(18)23-19)25-31(29,30)14-7-5-6-13(12-14)26(27)28/h1-12H,(H,22,23)(H,24,25). The molecule has 9 nitrogen and oxygen atoms in total. The molecular weight excluding hydrogens is 442 g/mol. The van der Waals surface area contributed by atoms with Crippen molar-refractivity contribution in [1.82, 2.24) is 9.97 Å². The van der Waals surface area contributed by atoms with Crippen molar-refractivity contribution >= 4 is 55.7 Å². The molecule has 0 fully saturated rings. The molecule has 0 unspecified atom stereocenters. The molecule has 4 rings (SSSR count). The first-order chi connectivity index (χ1) is 14.8. The number of rotatable bonds is 6. The molecular formula is C20H14ClN5O4S. The molecule has 31 heavy (non-hydrogen) atoms. The molecule has 0 aliphatic carbocycles. The molecule has 0 aliphatic rings. The molecule has 1 aromatic heterocycles. The van der Waals surface area contributed by atoms with Crippen LogP contribution < -0.4 is 10.0 Å². The van der Waals surface area contributed by atoms with Crippen molar-refractivity contribution in [3.8, 4) is 0 Å². The van der Waals surface area contributed by atoms with E-state index in [-0.39, 0.29) is 22.2 Å². The summed E-state index contributed by atoms with van der Waals surface area (Å²) in [6.07, 6.45) is 0. The Balaban J connectivity index is 1.79. The van der Waals surface area contributed by atoms with E-state index in [0.717, 1.165) is 6.07 Å². The number of fused-ring (bicyclic) bond motifs is 1. The van der Waals surface area contributed by atoms with E-state index in [1.807, 2.05) is 0 Å².